The molecule has 1 aromatic heterocycles. The van der Waals surface area contributed by atoms with E-state index in [1.807, 2.05) is 0 Å². The number of non-ortho nitro benzene ring substituents is 1. The van der Waals surface area contributed by atoms with Crippen LogP contribution in [0.2, 0.25) is 0 Å². The standard InChI is InChI=1S/C19H18N6O4S/c1-23-10-12(9-20-23)7-16-18(27)24(14-5-6-14)19(22-16)30-11-17(26)21-13-3-2-4-15(8-13)25(28)29/h2-4,7-10,14H,5-6,11H2,1H3,(H,21,26)/b16-7-. The summed E-state index contributed by atoms with van der Waals surface area (Å²) in [6.45, 7) is 0. The molecule has 2 heterocycles. The second-order valence-corrected chi connectivity index (χ2v) is 7.86. The highest BCUT2D eigenvalue weighted by atomic mass is 32.2. The number of benzene rings is 1. The molecule has 154 valence electrons. The summed E-state index contributed by atoms with van der Waals surface area (Å²) in [6.07, 6.45) is 6.93. The van der Waals surface area contributed by atoms with E-state index < -0.39 is 4.92 Å². The Morgan fingerprint density at radius 1 is 1.43 bits per heavy atom. The molecule has 11 heteroatoms. The molecule has 30 heavy (non-hydrogen) atoms. The number of nitro groups is 1. The van der Waals surface area contributed by atoms with Gasteiger partial charge in [0.25, 0.3) is 11.6 Å². The normalized spacial score (nSPS) is 17.4. The second-order valence-electron chi connectivity index (χ2n) is 6.92. The zero-order valence-corrected chi connectivity index (χ0v) is 16.8. The summed E-state index contributed by atoms with van der Waals surface area (Å²) in [5.74, 6) is -0.489. The zero-order chi connectivity index (χ0) is 21.3. The Hall–Kier alpha value is -3.47. The zero-order valence-electron chi connectivity index (χ0n) is 16.0. The molecular formula is C19H18N6O4S. The number of carbonyl (C=O) groups excluding carboxylic acids is 2. The molecule has 1 aliphatic heterocycles. The van der Waals surface area contributed by atoms with Crippen LogP contribution in [0.4, 0.5) is 11.4 Å². The minimum Gasteiger partial charge on any atom is -0.325 e. The van der Waals surface area contributed by atoms with Gasteiger partial charge in [-0.3, -0.25) is 29.3 Å². The fourth-order valence-electron chi connectivity index (χ4n) is 2.96. The summed E-state index contributed by atoms with van der Waals surface area (Å²) in [7, 11) is 1.79. The van der Waals surface area contributed by atoms with Crippen LogP contribution in [-0.2, 0) is 16.6 Å². The Morgan fingerprint density at radius 3 is 2.90 bits per heavy atom. The van der Waals surface area contributed by atoms with Crippen molar-refractivity contribution in [1.29, 1.82) is 0 Å². The molecule has 10 nitrogen and oxygen atoms in total. The Balaban J connectivity index is 1.44. The van der Waals surface area contributed by atoms with Gasteiger partial charge in [0.05, 0.1) is 16.9 Å². The lowest BCUT2D eigenvalue weighted by atomic mass is 10.3. The molecule has 2 amide bonds. The number of amides is 2. The number of amidine groups is 1. The fraction of sp³-hybridized carbons (Fsp3) is 0.263. The highest BCUT2D eigenvalue weighted by molar-refractivity contribution is 8.14. The molecule has 0 saturated heterocycles. The van der Waals surface area contributed by atoms with Crippen molar-refractivity contribution in [2.24, 2.45) is 12.0 Å². The van der Waals surface area contributed by atoms with Gasteiger partial charge in [0.2, 0.25) is 5.91 Å². The molecule has 1 aromatic carbocycles. The Morgan fingerprint density at radius 2 is 2.23 bits per heavy atom. The number of anilines is 1. The van der Waals surface area contributed by atoms with Gasteiger partial charge in [-0.25, -0.2) is 4.99 Å². The highest BCUT2D eigenvalue weighted by Crippen LogP contribution is 2.35. The molecule has 0 unspecified atom stereocenters. The first-order valence-corrected chi connectivity index (χ1v) is 10.2. The lowest BCUT2D eigenvalue weighted by Crippen LogP contribution is -2.33. The Labute approximate surface area is 175 Å². The number of hydrogen-bond acceptors (Lipinski definition) is 7. The van der Waals surface area contributed by atoms with Crippen LogP contribution in [0, 0.1) is 10.1 Å². The third-order valence-corrected chi connectivity index (χ3v) is 5.43. The molecule has 0 radical (unpaired) electrons. The number of thioether (sulfide) groups is 1. The molecule has 0 atom stereocenters. The van der Waals surface area contributed by atoms with Gasteiger partial charge >= 0.3 is 0 Å². The summed E-state index contributed by atoms with van der Waals surface area (Å²) in [5, 5.41) is 18.1. The van der Waals surface area contributed by atoms with Crippen LogP contribution in [0.5, 0.6) is 0 Å². The van der Waals surface area contributed by atoms with Crippen molar-refractivity contribution in [1.82, 2.24) is 14.7 Å². The third-order valence-electron chi connectivity index (χ3n) is 4.47. The number of nitrogens with zero attached hydrogens (tertiary/aromatic N) is 5. The van der Waals surface area contributed by atoms with Gasteiger partial charge < -0.3 is 5.32 Å². The van der Waals surface area contributed by atoms with Gasteiger partial charge in [0.15, 0.2) is 5.17 Å². The molecule has 0 bridgehead atoms. The Bertz CT molecular complexity index is 1090. The van der Waals surface area contributed by atoms with Crippen LogP contribution in [0.1, 0.15) is 18.4 Å². The molecule has 1 aliphatic carbocycles. The van der Waals surface area contributed by atoms with Gasteiger partial charge in [0, 0.05) is 42.7 Å². The largest absolute Gasteiger partial charge is 0.325 e. The summed E-state index contributed by atoms with van der Waals surface area (Å²) in [6, 6.07) is 5.85. The maximum absolute atomic E-state index is 12.8. The lowest BCUT2D eigenvalue weighted by Gasteiger charge is -2.16. The number of aliphatic imine (C=N–C) groups is 1. The number of nitrogens with one attached hydrogen (secondary N) is 1. The highest BCUT2D eigenvalue weighted by Gasteiger charge is 2.41. The van der Waals surface area contributed by atoms with Gasteiger partial charge in [-0.15, -0.1) is 0 Å². The van der Waals surface area contributed by atoms with Crippen LogP contribution in [0.15, 0.2) is 47.3 Å². The van der Waals surface area contributed by atoms with E-state index in [0.29, 0.717) is 16.6 Å². The summed E-state index contributed by atoms with van der Waals surface area (Å²) in [5.41, 5.74) is 1.33. The van der Waals surface area contributed by atoms with Crippen molar-refractivity contribution in [2.75, 3.05) is 11.1 Å². The van der Waals surface area contributed by atoms with Crippen LogP contribution >= 0.6 is 11.8 Å². The maximum atomic E-state index is 12.8. The van der Waals surface area contributed by atoms with Crippen molar-refractivity contribution >= 4 is 46.2 Å². The molecule has 1 N–H and O–H groups in total. The molecule has 0 spiro atoms. The molecule has 1 saturated carbocycles. The number of carbonyl (C=O) groups is 2. The van der Waals surface area contributed by atoms with Crippen LogP contribution in [0.25, 0.3) is 6.08 Å². The number of aryl methyl sites for hydroxylation is 1. The third kappa shape index (κ3) is 4.40. The van der Waals surface area contributed by atoms with E-state index >= 15 is 0 Å². The minimum atomic E-state index is -0.521. The molecule has 4 rings (SSSR count). The quantitative estimate of drug-likeness (QED) is 0.430. The number of nitro benzene ring substituents is 1. The van der Waals surface area contributed by atoms with E-state index in [4.69, 9.17) is 0 Å². The summed E-state index contributed by atoms with van der Waals surface area (Å²) in [4.78, 5) is 41.5. The summed E-state index contributed by atoms with van der Waals surface area (Å²) >= 11 is 1.17. The second kappa shape index (κ2) is 8.11. The smallest absolute Gasteiger partial charge is 0.278 e. The average molecular weight is 426 g/mol. The number of hydrogen-bond donors (Lipinski definition) is 1. The van der Waals surface area contributed by atoms with Crippen molar-refractivity contribution < 1.29 is 14.5 Å². The van der Waals surface area contributed by atoms with E-state index in [-0.39, 0.29) is 29.3 Å². The topological polar surface area (TPSA) is 123 Å². The molecule has 2 aliphatic rings. The van der Waals surface area contributed by atoms with Crippen molar-refractivity contribution in [3.8, 4) is 0 Å². The van der Waals surface area contributed by atoms with E-state index in [1.54, 1.807) is 41.2 Å². The minimum absolute atomic E-state index is 0.0260. The monoisotopic (exact) mass is 426 g/mol. The van der Waals surface area contributed by atoms with Gasteiger partial charge in [-0.2, -0.15) is 5.10 Å². The predicted octanol–water partition coefficient (Wildman–Crippen LogP) is 2.40. The van der Waals surface area contributed by atoms with E-state index in [0.717, 1.165) is 18.4 Å². The number of rotatable bonds is 6. The lowest BCUT2D eigenvalue weighted by molar-refractivity contribution is -0.384. The van der Waals surface area contributed by atoms with E-state index in [2.05, 4.69) is 15.4 Å². The van der Waals surface area contributed by atoms with E-state index in [1.165, 1.54) is 30.0 Å². The molecular weight excluding hydrogens is 408 g/mol. The van der Waals surface area contributed by atoms with Gasteiger partial charge in [-0.05, 0) is 25.0 Å². The van der Waals surface area contributed by atoms with E-state index in [9.17, 15) is 19.7 Å². The first kappa shape index (κ1) is 19.8. The molecule has 1 fully saturated rings. The first-order chi connectivity index (χ1) is 14.4. The van der Waals surface area contributed by atoms with Gasteiger partial charge in [0.1, 0.15) is 5.70 Å². The van der Waals surface area contributed by atoms with Crippen molar-refractivity contribution in [3.63, 3.8) is 0 Å². The summed E-state index contributed by atoms with van der Waals surface area (Å²) < 4.78 is 1.64. The average Bonchev–Trinajstić information content (AvgIpc) is 3.39. The van der Waals surface area contributed by atoms with Crippen LogP contribution in [-0.4, -0.2) is 48.4 Å². The van der Waals surface area contributed by atoms with Gasteiger partial charge in [-0.1, -0.05) is 17.8 Å². The fourth-order valence-corrected chi connectivity index (χ4v) is 3.83. The van der Waals surface area contributed by atoms with Crippen molar-refractivity contribution in [3.05, 3.63) is 58.0 Å². The maximum Gasteiger partial charge on any atom is 0.278 e. The van der Waals surface area contributed by atoms with Crippen molar-refractivity contribution in [2.45, 2.75) is 18.9 Å². The SMILES string of the molecule is Cn1cc(/C=C2\N=C(SCC(=O)Nc3cccc([N+](=O)[O-])c3)N(C3CC3)C2=O)cn1. The van der Waals surface area contributed by atoms with Crippen LogP contribution in [0.3, 0.4) is 0 Å². The number of aromatic nitrogens is 2. The predicted molar refractivity (Wildman–Crippen MR) is 113 cm³/mol. The molecule has 2 aromatic rings. The first-order valence-electron chi connectivity index (χ1n) is 9.20. The van der Waals surface area contributed by atoms with Crippen LogP contribution < -0.4 is 5.32 Å². The Kier molecular flexibility index (Phi) is 5.36.